The molecular weight excluding hydrogens is 332 g/mol. The Labute approximate surface area is 151 Å². The summed E-state index contributed by atoms with van der Waals surface area (Å²) in [6, 6.07) is 13.3. The first kappa shape index (κ1) is 17.2. The van der Waals surface area contributed by atoms with E-state index in [0.717, 1.165) is 16.5 Å². The van der Waals surface area contributed by atoms with E-state index in [4.69, 9.17) is 4.74 Å². The number of fused-ring (bicyclic) bond motifs is 1. The smallest absolute Gasteiger partial charge is 0.164 e. The summed E-state index contributed by atoms with van der Waals surface area (Å²) >= 11 is 0. The topological polar surface area (TPSA) is 87.7 Å². The van der Waals surface area contributed by atoms with Crippen LogP contribution in [0.4, 0.5) is 0 Å². The quantitative estimate of drug-likeness (QED) is 0.662. The van der Waals surface area contributed by atoms with Gasteiger partial charge in [-0.2, -0.15) is 0 Å². The zero-order valence-corrected chi connectivity index (χ0v) is 14.4. The highest BCUT2D eigenvalue weighted by Crippen LogP contribution is 2.34. The predicted octanol–water partition coefficient (Wildman–Crippen LogP) is 1.57. The van der Waals surface area contributed by atoms with Crippen molar-refractivity contribution in [3.05, 3.63) is 66.0 Å². The molecule has 0 aliphatic carbocycles. The van der Waals surface area contributed by atoms with E-state index in [9.17, 15) is 15.3 Å². The van der Waals surface area contributed by atoms with E-state index in [-0.39, 0.29) is 0 Å². The van der Waals surface area contributed by atoms with Crippen LogP contribution in [0.15, 0.2) is 54.9 Å². The Morgan fingerprint density at radius 2 is 1.88 bits per heavy atom. The molecule has 0 bridgehead atoms. The molecule has 0 radical (unpaired) electrons. The fourth-order valence-electron chi connectivity index (χ4n) is 3.60. The van der Waals surface area contributed by atoms with Crippen molar-refractivity contribution in [3.8, 4) is 0 Å². The molecule has 0 amide bonds. The van der Waals surface area contributed by atoms with Gasteiger partial charge in [0.2, 0.25) is 0 Å². The van der Waals surface area contributed by atoms with Gasteiger partial charge in [-0.3, -0.25) is 0 Å². The fraction of sp³-hybridized carbons (Fsp3) is 0.350. The third-order valence-corrected chi connectivity index (χ3v) is 5.05. The summed E-state index contributed by atoms with van der Waals surface area (Å²) in [5, 5.41) is 32.4. The van der Waals surface area contributed by atoms with E-state index in [0.29, 0.717) is 12.1 Å². The van der Waals surface area contributed by atoms with Crippen LogP contribution in [0.1, 0.15) is 17.4 Å². The molecule has 1 aromatic carbocycles. The molecular formula is C20H22N2O4. The maximum atomic E-state index is 10.5. The van der Waals surface area contributed by atoms with E-state index in [1.54, 1.807) is 17.0 Å². The van der Waals surface area contributed by atoms with Gasteiger partial charge in [-0.05, 0) is 30.2 Å². The second-order valence-electron chi connectivity index (χ2n) is 6.82. The number of hydrogen-bond acceptors (Lipinski definition) is 5. The molecule has 1 saturated heterocycles. The summed E-state index contributed by atoms with van der Waals surface area (Å²) in [7, 11) is 0. The highest BCUT2D eigenvalue weighted by atomic mass is 16.6. The van der Waals surface area contributed by atoms with Crippen LogP contribution < -0.4 is 0 Å². The number of ether oxygens (including phenoxy) is 1. The first-order valence-corrected chi connectivity index (χ1v) is 8.72. The summed E-state index contributed by atoms with van der Waals surface area (Å²) in [6.07, 6.45) is -1.10. The highest BCUT2D eigenvalue weighted by molar-refractivity contribution is 5.79. The first-order valence-electron chi connectivity index (χ1n) is 8.72. The normalized spacial score (nSPS) is 27.1. The Morgan fingerprint density at radius 3 is 2.65 bits per heavy atom. The third kappa shape index (κ3) is 2.91. The first-order chi connectivity index (χ1) is 12.6. The number of aryl methyl sites for hydroxylation is 1. The minimum absolute atomic E-state index is 0.339. The van der Waals surface area contributed by atoms with Crippen molar-refractivity contribution in [2.75, 3.05) is 0 Å². The fourth-order valence-corrected chi connectivity index (χ4v) is 3.60. The van der Waals surface area contributed by atoms with E-state index in [1.807, 2.05) is 49.4 Å². The van der Waals surface area contributed by atoms with Crippen LogP contribution in [0.25, 0.3) is 11.0 Å². The molecule has 6 nitrogen and oxygen atoms in total. The van der Waals surface area contributed by atoms with E-state index < -0.39 is 30.6 Å². The Balaban J connectivity index is 1.58. The lowest BCUT2D eigenvalue weighted by Crippen LogP contribution is -2.39. The number of benzene rings is 1. The van der Waals surface area contributed by atoms with Gasteiger partial charge in [0.1, 0.15) is 24.0 Å². The molecule has 4 rings (SSSR count). The minimum atomic E-state index is -1.18. The van der Waals surface area contributed by atoms with Crippen LogP contribution in [0.5, 0.6) is 0 Å². The summed E-state index contributed by atoms with van der Waals surface area (Å²) < 4.78 is 7.60. The zero-order valence-electron chi connectivity index (χ0n) is 14.4. The van der Waals surface area contributed by atoms with Crippen LogP contribution in [0.3, 0.4) is 0 Å². The van der Waals surface area contributed by atoms with Gasteiger partial charge in [0.15, 0.2) is 6.23 Å². The summed E-state index contributed by atoms with van der Waals surface area (Å²) in [5.41, 5.74) is 2.69. The van der Waals surface area contributed by atoms with Crippen LogP contribution in [0.2, 0.25) is 0 Å². The van der Waals surface area contributed by atoms with Gasteiger partial charge in [-0.15, -0.1) is 0 Å². The zero-order chi connectivity index (χ0) is 18.3. The molecule has 3 N–H and O–H groups in total. The van der Waals surface area contributed by atoms with Crippen molar-refractivity contribution in [2.45, 2.75) is 44.0 Å². The third-order valence-electron chi connectivity index (χ3n) is 5.05. The number of hydrogen-bond donors (Lipinski definition) is 3. The molecule has 3 heterocycles. The van der Waals surface area contributed by atoms with E-state index in [2.05, 4.69) is 4.98 Å². The summed E-state index contributed by atoms with van der Waals surface area (Å²) in [5.74, 6) is 0. The van der Waals surface area contributed by atoms with E-state index >= 15 is 0 Å². The predicted molar refractivity (Wildman–Crippen MR) is 96.5 cm³/mol. The molecule has 0 spiro atoms. The number of aliphatic hydroxyl groups is 3. The summed E-state index contributed by atoms with van der Waals surface area (Å²) in [4.78, 5) is 4.37. The lowest BCUT2D eigenvalue weighted by molar-refractivity contribution is -0.0827. The molecule has 1 aliphatic rings. The van der Waals surface area contributed by atoms with Crippen molar-refractivity contribution in [1.82, 2.24) is 9.55 Å². The minimum Gasteiger partial charge on any atom is -0.390 e. The second kappa shape index (κ2) is 6.81. The summed E-state index contributed by atoms with van der Waals surface area (Å²) in [6.45, 7) is 1.99. The lowest BCUT2D eigenvalue weighted by Gasteiger charge is -2.21. The second-order valence-corrected chi connectivity index (χ2v) is 6.82. The molecule has 0 saturated carbocycles. The monoisotopic (exact) mass is 354 g/mol. The Kier molecular flexibility index (Phi) is 4.50. The number of pyridine rings is 1. The molecule has 3 aromatic rings. The van der Waals surface area contributed by atoms with Gasteiger partial charge in [0.05, 0.1) is 6.10 Å². The Bertz CT molecular complexity index is 895. The molecule has 136 valence electrons. The lowest BCUT2D eigenvalue weighted by atomic mass is 9.99. The highest BCUT2D eigenvalue weighted by Gasteiger charge is 2.47. The molecule has 2 aromatic heterocycles. The molecule has 6 heteroatoms. The Morgan fingerprint density at radius 1 is 1.12 bits per heavy atom. The van der Waals surface area contributed by atoms with Gasteiger partial charge >= 0.3 is 0 Å². The average molecular weight is 354 g/mol. The van der Waals surface area contributed by atoms with Crippen molar-refractivity contribution < 1.29 is 20.1 Å². The van der Waals surface area contributed by atoms with Crippen LogP contribution in [-0.2, 0) is 11.2 Å². The van der Waals surface area contributed by atoms with Crippen LogP contribution in [-0.4, -0.2) is 49.3 Å². The maximum Gasteiger partial charge on any atom is 0.164 e. The number of aromatic nitrogens is 2. The van der Waals surface area contributed by atoms with Crippen LogP contribution >= 0.6 is 0 Å². The number of rotatable bonds is 4. The largest absolute Gasteiger partial charge is 0.390 e. The van der Waals surface area contributed by atoms with Crippen molar-refractivity contribution in [1.29, 1.82) is 0 Å². The van der Waals surface area contributed by atoms with Crippen molar-refractivity contribution in [3.63, 3.8) is 0 Å². The number of aliphatic hydroxyl groups excluding tert-OH is 3. The van der Waals surface area contributed by atoms with E-state index in [1.165, 1.54) is 0 Å². The molecule has 5 atom stereocenters. The van der Waals surface area contributed by atoms with Gasteiger partial charge < -0.3 is 24.6 Å². The SMILES string of the molecule is Cc1ccnc2c1ccn2C1OC(C(O)Cc2ccccc2)C(O)C1O. The molecule has 1 aliphatic heterocycles. The standard InChI is InChI=1S/C20H22N2O4/c1-12-7-9-21-19-14(12)8-10-22(19)20-17(25)16(24)18(26-20)15(23)11-13-5-3-2-4-6-13/h2-10,15-18,20,23-25H,11H2,1H3. The van der Waals surface area contributed by atoms with Gasteiger partial charge in [0.25, 0.3) is 0 Å². The molecule has 1 fully saturated rings. The average Bonchev–Trinajstić information content (AvgIpc) is 3.19. The maximum absolute atomic E-state index is 10.5. The molecule has 5 unspecified atom stereocenters. The Hall–Kier alpha value is -2.25. The van der Waals surface area contributed by atoms with Gasteiger partial charge in [-0.1, -0.05) is 30.3 Å². The van der Waals surface area contributed by atoms with Crippen molar-refractivity contribution in [2.24, 2.45) is 0 Å². The van der Waals surface area contributed by atoms with Crippen LogP contribution in [0, 0.1) is 6.92 Å². The number of nitrogens with zero attached hydrogens (tertiary/aromatic N) is 2. The van der Waals surface area contributed by atoms with Crippen molar-refractivity contribution >= 4 is 11.0 Å². The van der Waals surface area contributed by atoms with Gasteiger partial charge in [-0.25, -0.2) is 4.98 Å². The van der Waals surface area contributed by atoms with Gasteiger partial charge in [0, 0.05) is 24.2 Å². The molecule has 26 heavy (non-hydrogen) atoms.